The van der Waals surface area contributed by atoms with Gasteiger partial charge in [0.25, 0.3) is 6.33 Å². The van der Waals surface area contributed by atoms with Gasteiger partial charge in [0.2, 0.25) is 0 Å². The quantitative estimate of drug-likeness (QED) is 0.415. The molecule has 2 rings (SSSR count). The Labute approximate surface area is 86.4 Å². The molecule has 0 aliphatic rings. The molecule has 4 heteroatoms. The number of hydrogen-bond donors (Lipinski definition) is 0. The molecular formula is C11H8N2O2. The Kier molecular flexibility index (Phi) is 2.41. The number of nitrogens with zero attached hydrogens (tertiary/aromatic N) is 2. The molecule has 15 heavy (non-hydrogen) atoms. The molecule has 0 bridgehead atoms. The number of benzene rings is 1. The van der Waals surface area contributed by atoms with Crippen LogP contribution < -0.4 is 4.73 Å². The van der Waals surface area contributed by atoms with Crippen molar-refractivity contribution in [1.29, 1.82) is 0 Å². The van der Waals surface area contributed by atoms with Gasteiger partial charge in [0, 0.05) is 11.6 Å². The molecule has 1 aromatic carbocycles. The monoisotopic (exact) mass is 200 g/mol. The van der Waals surface area contributed by atoms with Gasteiger partial charge in [-0.1, -0.05) is 30.3 Å². The van der Waals surface area contributed by atoms with Crippen LogP contribution >= 0.6 is 0 Å². The summed E-state index contributed by atoms with van der Waals surface area (Å²) in [5.41, 5.74) is 1.55. The lowest BCUT2D eigenvalue weighted by Gasteiger charge is -2.02. The average Bonchev–Trinajstić information content (AvgIpc) is 2.31. The van der Waals surface area contributed by atoms with E-state index in [2.05, 4.69) is 4.98 Å². The highest BCUT2D eigenvalue weighted by atomic mass is 16.5. The minimum Gasteiger partial charge on any atom is -0.710 e. The van der Waals surface area contributed by atoms with Crippen molar-refractivity contribution < 1.29 is 9.52 Å². The van der Waals surface area contributed by atoms with E-state index in [0.717, 1.165) is 11.9 Å². The molecule has 0 fully saturated rings. The second-order valence-corrected chi connectivity index (χ2v) is 3.01. The molecule has 1 heterocycles. The summed E-state index contributed by atoms with van der Waals surface area (Å²) >= 11 is 0. The highest BCUT2D eigenvalue weighted by Crippen LogP contribution is 2.14. The molecule has 0 aliphatic heterocycles. The van der Waals surface area contributed by atoms with Crippen LogP contribution in [0.2, 0.25) is 0 Å². The molecule has 2 aromatic rings. The Balaban J connectivity index is 2.51. The third-order valence-electron chi connectivity index (χ3n) is 2.03. The highest BCUT2D eigenvalue weighted by molar-refractivity contribution is 5.72. The van der Waals surface area contributed by atoms with Gasteiger partial charge in [-0.15, -0.1) is 0 Å². The molecule has 0 unspecified atom stereocenters. The number of carbonyl (C=O) groups is 1. The fraction of sp³-hybridized carbons (Fsp3) is 0. The Morgan fingerprint density at radius 3 is 2.67 bits per heavy atom. The van der Waals surface area contributed by atoms with Gasteiger partial charge in [0.15, 0.2) is 17.7 Å². The summed E-state index contributed by atoms with van der Waals surface area (Å²) in [5, 5.41) is 11.1. The van der Waals surface area contributed by atoms with Gasteiger partial charge in [-0.25, -0.2) is 4.73 Å². The topological polar surface area (TPSA) is 56.9 Å². The smallest absolute Gasteiger partial charge is 0.290 e. The summed E-state index contributed by atoms with van der Waals surface area (Å²) in [5.74, 6) is 0. The van der Waals surface area contributed by atoms with Crippen molar-refractivity contribution in [1.82, 2.24) is 4.98 Å². The molecular weight excluding hydrogens is 192 g/mol. The normalized spacial score (nSPS) is 9.87. The third-order valence-corrected chi connectivity index (χ3v) is 2.03. The van der Waals surface area contributed by atoms with Crippen LogP contribution in [0.4, 0.5) is 0 Å². The first-order valence-corrected chi connectivity index (χ1v) is 4.41. The van der Waals surface area contributed by atoms with Crippen molar-refractivity contribution in [2.75, 3.05) is 0 Å². The molecule has 0 spiro atoms. The molecule has 0 amide bonds. The van der Waals surface area contributed by atoms with Crippen LogP contribution in [0, 0.1) is 5.21 Å². The van der Waals surface area contributed by atoms with Gasteiger partial charge in [-0.2, -0.15) is 0 Å². The van der Waals surface area contributed by atoms with Gasteiger partial charge >= 0.3 is 0 Å². The maximum Gasteiger partial charge on any atom is 0.290 e. The van der Waals surface area contributed by atoms with E-state index in [1.165, 1.54) is 6.07 Å². The molecule has 0 aliphatic carbocycles. The summed E-state index contributed by atoms with van der Waals surface area (Å²) in [6, 6.07) is 10.8. The summed E-state index contributed by atoms with van der Waals surface area (Å²) in [6.07, 6.45) is 1.60. The van der Waals surface area contributed by atoms with Gasteiger partial charge in [-0.05, 0) is 4.98 Å². The maximum absolute atomic E-state index is 11.1. The van der Waals surface area contributed by atoms with Crippen LogP contribution in [0.25, 0.3) is 11.3 Å². The summed E-state index contributed by atoms with van der Waals surface area (Å²) < 4.78 is 0.444. The van der Waals surface area contributed by atoms with Crippen molar-refractivity contribution in [3.63, 3.8) is 0 Å². The van der Waals surface area contributed by atoms with Crippen LogP contribution in [0.3, 0.4) is 0 Å². The van der Waals surface area contributed by atoms with Crippen molar-refractivity contribution in [2.45, 2.75) is 0 Å². The third kappa shape index (κ3) is 1.83. The first-order valence-electron chi connectivity index (χ1n) is 4.41. The van der Waals surface area contributed by atoms with Crippen LogP contribution in [0.1, 0.15) is 10.5 Å². The minimum absolute atomic E-state index is 0.0591. The van der Waals surface area contributed by atoms with Crippen molar-refractivity contribution in [3.05, 3.63) is 53.6 Å². The van der Waals surface area contributed by atoms with Crippen LogP contribution in [0.5, 0.6) is 0 Å². The van der Waals surface area contributed by atoms with Gasteiger partial charge < -0.3 is 5.21 Å². The van der Waals surface area contributed by atoms with Gasteiger partial charge in [0.1, 0.15) is 0 Å². The van der Waals surface area contributed by atoms with Gasteiger partial charge in [-0.3, -0.25) is 4.79 Å². The lowest BCUT2D eigenvalue weighted by atomic mass is 10.1. The van der Waals surface area contributed by atoms with E-state index in [0.29, 0.717) is 16.7 Å². The number of hydrogen-bond acceptors (Lipinski definition) is 3. The van der Waals surface area contributed by atoms with Crippen molar-refractivity contribution in [2.24, 2.45) is 0 Å². The zero-order valence-electron chi connectivity index (χ0n) is 7.83. The number of rotatable bonds is 2. The average molecular weight is 200 g/mol. The fourth-order valence-electron chi connectivity index (χ4n) is 1.28. The standard InChI is InChI=1S/C11H8N2O2/c14-7-10-6-11(12-8-13(10)15)9-4-2-1-3-5-9/h1-8H. The Morgan fingerprint density at radius 2 is 2.00 bits per heavy atom. The van der Waals surface area contributed by atoms with E-state index in [4.69, 9.17) is 0 Å². The van der Waals surface area contributed by atoms with E-state index < -0.39 is 0 Å². The number of aldehydes is 1. The maximum atomic E-state index is 11.1. The predicted molar refractivity (Wildman–Crippen MR) is 54.0 cm³/mol. The molecule has 1 aromatic heterocycles. The second kappa shape index (κ2) is 3.88. The molecule has 0 radical (unpaired) electrons. The number of carbonyl (C=O) groups excluding carboxylic acids is 1. The van der Waals surface area contributed by atoms with Crippen LogP contribution in [-0.2, 0) is 0 Å². The minimum atomic E-state index is 0.0591. The van der Waals surface area contributed by atoms with Gasteiger partial charge in [0.05, 0.1) is 0 Å². The van der Waals surface area contributed by atoms with Crippen LogP contribution in [-0.4, -0.2) is 11.3 Å². The van der Waals surface area contributed by atoms with E-state index >= 15 is 0 Å². The molecule has 0 N–H and O–H groups in total. The number of aromatic nitrogens is 2. The Bertz CT molecular complexity index is 483. The summed E-state index contributed by atoms with van der Waals surface area (Å²) in [4.78, 5) is 14.5. The largest absolute Gasteiger partial charge is 0.710 e. The van der Waals surface area contributed by atoms with E-state index in [-0.39, 0.29) is 5.69 Å². The van der Waals surface area contributed by atoms with Crippen molar-refractivity contribution in [3.8, 4) is 11.3 Å². The van der Waals surface area contributed by atoms with Crippen LogP contribution in [0.15, 0.2) is 42.7 Å². The lowest BCUT2D eigenvalue weighted by Crippen LogP contribution is -2.31. The molecule has 0 saturated heterocycles. The predicted octanol–water partition coefficient (Wildman–Crippen LogP) is 1.19. The second-order valence-electron chi connectivity index (χ2n) is 3.01. The Morgan fingerprint density at radius 1 is 1.27 bits per heavy atom. The first-order chi connectivity index (χ1) is 7.31. The van der Waals surface area contributed by atoms with E-state index in [1.807, 2.05) is 30.3 Å². The van der Waals surface area contributed by atoms with E-state index in [9.17, 15) is 10.0 Å². The zero-order valence-corrected chi connectivity index (χ0v) is 7.83. The highest BCUT2D eigenvalue weighted by Gasteiger charge is 2.08. The lowest BCUT2D eigenvalue weighted by molar-refractivity contribution is -0.610. The molecule has 0 atom stereocenters. The van der Waals surface area contributed by atoms with E-state index in [1.54, 1.807) is 0 Å². The van der Waals surface area contributed by atoms with Crippen molar-refractivity contribution >= 4 is 6.29 Å². The molecule has 4 nitrogen and oxygen atoms in total. The SMILES string of the molecule is O=Cc1cc(-c2ccccc2)nc[n+]1[O-]. The molecule has 74 valence electrons. The zero-order chi connectivity index (χ0) is 10.7. The fourth-order valence-corrected chi connectivity index (χ4v) is 1.28. The Hall–Kier alpha value is -2.23. The molecule has 0 saturated carbocycles. The summed E-state index contributed by atoms with van der Waals surface area (Å²) in [6.45, 7) is 0. The first kappa shape index (κ1) is 9.33. The summed E-state index contributed by atoms with van der Waals surface area (Å²) in [7, 11) is 0.